The Morgan fingerprint density at radius 1 is 1.21 bits per heavy atom. The molecule has 0 aromatic heterocycles. The number of nitrogens with one attached hydrogen (secondary N) is 1. The monoisotopic (exact) mass is 262 g/mol. The molecule has 1 aliphatic carbocycles. The largest absolute Gasteiger partial charge is 0.495 e. The van der Waals surface area contributed by atoms with Gasteiger partial charge in [0.05, 0.1) is 12.8 Å². The molecule has 1 aliphatic rings. The SMILES string of the molecule is COc1ccccc1NC(CN)C1CCCCCC1. The maximum absolute atomic E-state index is 5.99. The van der Waals surface area contributed by atoms with E-state index in [2.05, 4.69) is 11.4 Å². The zero-order valence-electron chi connectivity index (χ0n) is 11.9. The van der Waals surface area contributed by atoms with E-state index in [1.165, 1.54) is 38.5 Å². The first-order chi connectivity index (χ1) is 9.35. The molecule has 1 atom stereocenters. The van der Waals surface area contributed by atoms with Crippen molar-refractivity contribution in [2.75, 3.05) is 19.0 Å². The Morgan fingerprint density at radius 2 is 1.89 bits per heavy atom. The average Bonchev–Trinajstić information content (AvgIpc) is 2.74. The minimum Gasteiger partial charge on any atom is -0.495 e. The summed E-state index contributed by atoms with van der Waals surface area (Å²) >= 11 is 0. The van der Waals surface area contributed by atoms with Crippen molar-refractivity contribution in [3.8, 4) is 5.75 Å². The first-order valence-corrected chi connectivity index (χ1v) is 7.44. The molecule has 0 amide bonds. The summed E-state index contributed by atoms with van der Waals surface area (Å²) in [7, 11) is 1.71. The summed E-state index contributed by atoms with van der Waals surface area (Å²) in [5.41, 5.74) is 7.05. The molecule has 3 N–H and O–H groups in total. The molecule has 0 saturated heterocycles. The summed E-state index contributed by atoms with van der Waals surface area (Å²) < 4.78 is 5.40. The summed E-state index contributed by atoms with van der Waals surface area (Å²) in [5.74, 6) is 1.59. The van der Waals surface area contributed by atoms with Crippen LogP contribution in [0.2, 0.25) is 0 Å². The Morgan fingerprint density at radius 3 is 2.53 bits per heavy atom. The molecule has 3 heteroatoms. The second-order valence-corrected chi connectivity index (χ2v) is 5.44. The minimum atomic E-state index is 0.356. The fraction of sp³-hybridized carbons (Fsp3) is 0.625. The van der Waals surface area contributed by atoms with Crippen molar-refractivity contribution in [1.29, 1.82) is 0 Å². The summed E-state index contributed by atoms with van der Waals surface area (Å²) in [6.07, 6.45) is 8.03. The third-order valence-corrected chi connectivity index (χ3v) is 4.17. The fourth-order valence-electron chi connectivity index (χ4n) is 3.05. The Labute approximate surface area is 116 Å². The van der Waals surface area contributed by atoms with Gasteiger partial charge in [-0.05, 0) is 30.9 Å². The quantitative estimate of drug-likeness (QED) is 0.799. The standard InChI is InChI=1S/C16H26N2O/c1-19-16-11-7-6-10-14(16)18-15(12-17)13-8-4-2-3-5-9-13/h6-7,10-11,13,15,18H,2-5,8-9,12,17H2,1H3. The summed E-state index contributed by atoms with van der Waals surface area (Å²) in [6, 6.07) is 8.44. The first-order valence-electron chi connectivity index (χ1n) is 7.44. The maximum Gasteiger partial charge on any atom is 0.141 e. The van der Waals surface area contributed by atoms with Gasteiger partial charge in [0, 0.05) is 12.6 Å². The highest BCUT2D eigenvalue weighted by Crippen LogP contribution is 2.30. The van der Waals surface area contributed by atoms with Gasteiger partial charge in [0.2, 0.25) is 0 Å². The Hall–Kier alpha value is -1.22. The van der Waals surface area contributed by atoms with Gasteiger partial charge in [0.1, 0.15) is 5.75 Å². The van der Waals surface area contributed by atoms with Crippen molar-refractivity contribution in [2.45, 2.75) is 44.6 Å². The predicted molar refractivity (Wildman–Crippen MR) is 80.7 cm³/mol. The number of rotatable bonds is 5. The van der Waals surface area contributed by atoms with E-state index in [0.29, 0.717) is 18.5 Å². The van der Waals surface area contributed by atoms with Crippen LogP contribution in [0.1, 0.15) is 38.5 Å². The Kier molecular flexibility index (Phi) is 5.52. The van der Waals surface area contributed by atoms with Gasteiger partial charge >= 0.3 is 0 Å². The molecule has 2 rings (SSSR count). The van der Waals surface area contributed by atoms with Crippen LogP contribution < -0.4 is 15.8 Å². The molecule has 1 fully saturated rings. The van der Waals surface area contributed by atoms with Crippen LogP contribution in [0.5, 0.6) is 5.75 Å². The van der Waals surface area contributed by atoms with Crippen molar-refractivity contribution in [3.05, 3.63) is 24.3 Å². The summed E-state index contributed by atoms with van der Waals surface area (Å²) in [5, 5.41) is 3.60. The molecule has 0 heterocycles. The topological polar surface area (TPSA) is 47.3 Å². The second-order valence-electron chi connectivity index (χ2n) is 5.44. The molecule has 0 spiro atoms. The van der Waals surface area contributed by atoms with Gasteiger partial charge in [-0.2, -0.15) is 0 Å². The molecule has 3 nitrogen and oxygen atoms in total. The molecule has 1 saturated carbocycles. The lowest BCUT2D eigenvalue weighted by Crippen LogP contribution is -2.36. The number of benzene rings is 1. The van der Waals surface area contributed by atoms with Crippen molar-refractivity contribution in [2.24, 2.45) is 11.7 Å². The van der Waals surface area contributed by atoms with E-state index in [-0.39, 0.29) is 0 Å². The number of para-hydroxylation sites is 2. The molecule has 1 aromatic carbocycles. The second kappa shape index (κ2) is 7.39. The molecular formula is C16H26N2O. The molecule has 1 unspecified atom stereocenters. The van der Waals surface area contributed by atoms with Crippen LogP contribution in [-0.2, 0) is 0 Å². The van der Waals surface area contributed by atoms with Crippen molar-refractivity contribution >= 4 is 5.69 Å². The van der Waals surface area contributed by atoms with Gasteiger partial charge in [-0.25, -0.2) is 0 Å². The molecule has 0 aliphatic heterocycles. The summed E-state index contributed by atoms with van der Waals surface area (Å²) in [6.45, 7) is 0.683. The highest BCUT2D eigenvalue weighted by molar-refractivity contribution is 5.56. The number of methoxy groups -OCH3 is 1. The molecule has 19 heavy (non-hydrogen) atoms. The van der Waals surface area contributed by atoms with Crippen LogP contribution >= 0.6 is 0 Å². The lowest BCUT2D eigenvalue weighted by atomic mass is 9.91. The summed E-state index contributed by atoms with van der Waals surface area (Å²) in [4.78, 5) is 0. The lowest BCUT2D eigenvalue weighted by Gasteiger charge is -2.27. The minimum absolute atomic E-state index is 0.356. The molecule has 106 valence electrons. The van der Waals surface area contributed by atoms with Crippen LogP contribution in [0, 0.1) is 5.92 Å². The van der Waals surface area contributed by atoms with Crippen LogP contribution in [-0.4, -0.2) is 19.7 Å². The number of nitrogens with two attached hydrogens (primary N) is 1. The van der Waals surface area contributed by atoms with Gasteiger partial charge in [0.15, 0.2) is 0 Å². The van der Waals surface area contributed by atoms with Gasteiger partial charge in [-0.1, -0.05) is 37.8 Å². The lowest BCUT2D eigenvalue weighted by molar-refractivity contribution is 0.392. The first kappa shape index (κ1) is 14.2. The highest BCUT2D eigenvalue weighted by Gasteiger charge is 2.22. The van der Waals surface area contributed by atoms with E-state index in [9.17, 15) is 0 Å². The zero-order chi connectivity index (χ0) is 13.5. The van der Waals surface area contributed by atoms with Gasteiger partial charge in [-0.15, -0.1) is 0 Å². The van der Waals surface area contributed by atoms with E-state index in [0.717, 1.165) is 11.4 Å². The molecule has 0 radical (unpaired) electrons. The van der Waals surface area contributed by atoms with Crippen molar-refractivity contribution < 1.29 is 4.74 Å². The van der Waals surface area contributed by atoms with E-state index < -0.39 is 0 Å². The van der Waals surface area contributed by atoms with Crippen LogP contribution in [0.3, 0.4) is 0 Å². The van der Waals surface area contributed by atoms with E-state index >= 15 is 0 Å². The maximum atomic E-state index is 5.99. The zero-order valence-corrected chi connectivity index (χ0v) is 11.9. The fourth-order valence-corrected chi connectivity index (χ4v) is 3.05. The number of anilines is 1. The molecule has 0 bridgehead atoms. The molecule has 1 aromatic rings. The van der Waals surface area contributed by atoms with Gasteiger partial charge in [-0.3, -0.25) is 0 Å². The normalized spacial score (nSPS) is 18.6. The van der Waals surface area contributed by atoms with Gasteiger partial charge in [0.25, 0.3) is 0 Å². The van der Waals surface area contributed by atoms with Crippen LogP contribution in [0.15, 0.2) is 24.3 Å². The Bertz CT molecular complexity index is 373. The van der Waals surface area contributed by atoms with Crippen molar-refractivity contribution in [1.82, 2.24) is 0 Å². The highest BCUT2D eigenvalue weighted by atomic mass is 16.5. The Balaban J connectivity index is 2.05. The number of ether oxygens (including phenoxy) is 1. The predicted octanol–water partition coefficient (Wildman–Crippen LogP) is 3.40. The van der Waals surface area contributed by atoms with Gasteiger partial charge < -0.3 is 15.8 Å². The smallest absolute Gasteiger partial charge is 0.141 e. The molecular weight excluding hydrogens is 236 g/mol. The third kappa shape index (κ3) is 3.87. The third-order valence-electron chi connectivity index (χ3n) is 4.17. The van der Waals surface area contributed by atoms with Crippen LogP contribution in [0.4, 0.5) is 5.69 Å². The van der Waals surface area contributed by atoms with E-state index in [4.69, 9.17) is 10.5 Å². The van der Waals surface area contributed by atoms with E-state index in [1.807, 2.05) is 18.2 Å². The van der Waals surface area contributed by atoms with Crippen LogP contribution in [0.25, 0.3) is 0 Å². The number of hydrogen-bond acceptors (Lipinski definition) is 3. The average molecular weight is 262 g/mol. The van der Waals surface area contributed by atoms with E-state index in [1.54, 1.807) is 7.11 Å². The van der Waals surface area contributed by atoms with Crippen molar-refractivity contribution in [3.63, 3.8) is 0 Å². The number of hydrogen-bond donors (Lipinski definition) is 2.